The molecule has 2 aromatic carbocycles. The van der Waals surface area contributed by atoms with Crippen molar-refractivity contribution in [2.24, 2.45) is 0 Å². The maximum atomic E-state index is 12.3. The van der Waals surface area contributed by atoms with E-state index in [4.69, 9.17) is 23.2 Å². The summed E-state index contributed by atoms with van der Waals surface area (Å²) >= 11 is 12.6. The maximum Gasteiger partial charge on any atom is 0.240 e. The number of halogens is 2. The minimum absolute atomic E-state index is 0.0975. The first-order valence-electron chi connectivity index (χ1n) is 8.58. The smallest absolute Gasteiger partial charge is 0.240 e. The highest BCUT2D eigenvalue weighted by molar-refractivity contribution is 7.89. The Morgan fingerprint density at radius 3 is 2.54 bits per heavy atom. The van der Waals surface area contributed by atoms with E-state index < -0.39 is 10.0 Å². The van der Waals surface area contributed by atoms with E-state index in [0.717, 1.165) is 36.2 Å². The van der Waals surface area contributed by atoms with Crippen LogP contribution < -0.4 is 4.72 Å². The molecule has 26 heavy (non-hydrogen) atoms. The Bertz CT molecular complexity index is 899. The van der Waals surface area contributed by atoms with Crippen LogP contribution in [-0.4, -0.2) is 33.5 Å². The van der Waals surface area contributed by atoms with Gasteiger partial charge < -0.3 is 4.90 Å². The summed E-state index contributed by atoms with van der Waals surface area (Å²) in [5.41, 5.74) is 3.24. The number of sulfonamides is 1. The molecule has 7 heteroatoms. The lowest BCUT2D eigenvalue weighted by Gasteiger charge is -2.33. The molecule has 0 spiro atoms. The minimum Gasteiger partial charge on any atom is -0.301 e. The predicted molar refractivity (Wildman–Crippen MR) is 107 cm³/mol. The van der Waals surface area contributed by atoms with Gasteiger partial charge in [0.05, 0.1) is 4.90 Å². The van der Waals surface area contributed by atoms with Crippen LogP contribution in [0, 0.1) is 0 Å². The van der Waals surface area contributed by atoms with Crippen LogP contribution >= 0.6 is 23.2 Å². The summed E-state index contributed by atoms with van der Waals surface area (Å²) in [4.78, 5) is 2.49. The van der Waals surface area contributed by atoms with E-state index in [-0.39, 0.29) is 10.8 Å². The zero-order valence-electron chi connectivity index (χ0n) is 14.8. The molecule has 0 fully saturated rings. The molecule has 0 aromatic heterocycles. The second-order valence-electron chi connectivity index (χ2n) is 6.67. The monoisotopic (exact) mass is 412 g/mol. The SMILES string of the molecule is CCCNS(=O)(=O)c1ccc(C2CN(C)Cc3c(Cl)cc(Cl)cc32)cc1. The molecule has 1 aliphatic heterocycles. The quantitative estimate of drug-likeness (QED) is 0.797. The van der Waals surface area contributed by atoms with Crippen LogP contribution in [0.3, 0.4) is 0 Å². The van der Waals surface area contributed by atoms with E-state index in [1.807, 2.05) is 32.2 Å². The average molecular weight is 413 g/mol. The molecule has 0 saturated carbocycles. The van der Waals surface area contributed by atoms with Crippen molar-refractivity contribution >= 4 is 33.2 Å². The standard InChI is InChI=1S/C19H22Cl2N2O2S/c1-3-8-22-26(24,25)15-6-4-13(5-7-15)17-11-23(2)12-18-16(17)9-14(20)10-19(18)21/h4-7,9-10,17,22H,3,8,11-12H2,1-2H3. The van der Waals surface area contributed by atoms with Gasteiger partial charge in [0.15, 0.2) is 0 Å². The summed E-state index contributed by atoms with van der Waals surface area (Å²) in [5.74, 6) is 0.0975. The van der Waals surface area contributed by atoms with Crippen LogP contribution in [-0.2, 0) is 16.6 Å². The van der Waals surface area contributed by atoms with Crippen molar-refractivity contribution < 1.29 is 8.42 Å². The lowest BCUT2D eigenvalue weighted by Crippen LogP contribution is -2.31. The Kier molecular flexibility index (Phi) is 5.94. The number of hydrogen-bond donors (Lipinski definition) is 1. The molecule has 0 bridgehead atoms. The van der Waals surface area contributed by atoms with Crippen molar-refractivity contribution in [2.75, 3.05) is 20.1 Å². The fourth-order valence-corrected chi connectivity index (χ4v) is 5.03. The van der Waals surface area contributed by atoms with Gasteiger partial charge >= 0.3 is 0 Å². The van der Waals surface area contributed by atoms with Gasteiger partial charge in [-0.3, -0.25) is 0 Å². The van der Waals surface area contributed by atoms with Crippen molar-refractivity contribution in [1.29, 1.82) is 0 Å². The van der Waals surface area contributed by atoms with Crippen LogP contribution in [0.4, 0.5) is 0 Å². The molecule has 0 saturated heterocycles. The van der Waals surface area contributed by atoms with Crippen LogP contribution in [0.5, 0.6) is 0 Å². The zero-order valence-corrected chi connectivity index (χ0v) is 17.1. The summed E-state index contributed by atoms with van der Waals surface area (Å²) < 4.78 is 27.1. The molecule has 140 valence electrons. The van der Waals surface area contributed by atoms with E-state index in [1.165, 1.54) is 0 Å². The Hall–Kier alpha value is -1.11. The second kappa shape index (κ2) is 7.87. The Balaban J connectivity index is 1.96. The molecule has 2 aromatic rings. The molecule has 1 N–H and O–H groups in total. The molecular weight excluding hydrogens is 391 g/mol. The lowest BCUT2D eigenvalue weighted by atomic mass is 9.85. The van der Waals surface area contributed by atoms with Gasteiger partial charge in [-0.2, -0.15) is 0 Å². The van der Waals surface area contributed by atoms with Gasteiger partial charge in [0.2, 0.25) is 10.0 Å². The van der Waals surface area contributed by atoms with Gasteiger partial charge in [0.25, 0.3) is 0 Å². The number of nitrogens with zero attached hydrogens (tertiary/aromatic N) is 1. The van der Waals surface area contributed by atoms with Crippen molar-refractivity contribution in [1.82, 2.24) is 9.62 Å². The average Bonchev–Trinajstić information content (AvgIpc) is 2.60. The summed E-state index contributed by atoms with van der Waals surface area (Å²) in [6.07, 6.45) is 0.754. The molecular formula is C19H22Cl2N2O2S. The normalized spacial score (nSPS) is 17.9. The molecule has 1 atom stereocenters. The predicted octanol–water partition coefficient (Wildman–Crippen LogP) is 4.26. The van der Waals surface area contributed by atoms with Crippen molar-refractivity contribution in [2.45, 2.75) is 30.7 Å². The van der Waals surface area contributed by atoms with Crippen LogP contribution in [0.2, 0.25) is 10.0 Å². The first-order chi connectivity index (χ1) is 12.3. The molecule has 0 radical (unpaired) electrons. The molecule has 3 rings (SSSR count). The first kappa shape index (κ1) is 19.6. The van der Waals surface area contributed by atoms with Gasteiger partial charge in [0.1, 0.15) is 0 Å². The topological polar surface area (TPSA) is 49.4 Å². The third-order valence-corrected chi connectivity index (χ3v) is 6.66. The van der Waals surface area contributed by atoms with Gasteiger partial charge in [-0.25, -0.2) is 13.1 Å². The van der Waals surface area contributed by atoms with E-state index in [1.54, 1.807) is 18.2 Å². The third kappa shape index (κ3) is 4.07. The fraction of sp³-hybridized carbons (Fsp3) is 0.368. The second-order valence-corrected chi connectivity index (χ2v) is 9.28. The highest BCUT2D eigenvalue weighted by Gasteiger charge is 2.27. The Labute approximate surface area is 165 Å². The number of fused-ring (bicyclic) bond motifs is 1. The molecule has 1 heterocycles. The van der Waals surface area contributed by atoms with Crippen molar-refractivity contribution in [3.8, 4) is 0 Å². The Morgan fingerprint density at radius 1 is 1.19 bits per heavy atom. The van der Waals surface area contributed by atoms with Crippen LogP contribution in [0.1, 0.15) is 36.0 Å². The van der Waals surface area contributed by atoms with Gasteiger partial charge in [-0.05, 0) is 54.4 Å². The molecule has 1 aliphatic rings. The largest absolute Gasteiger partial charge is 0.301 e. The van der Waals surface area contributed by atoms with Crippen LogP contribution in [0.25, 0.3) is 0 Å². The van der Waals surface area contributed by atoms with Gasteiger partial charge in [0, 0.05) is 35.6 Å². The van der Waals surface area contributed by atoms with E-state index in [9.17, 15) is 8.42 Å². The van der Waals surface area contributed by atoms with Crippen LogP contribution in [0.15, 0.2) is 41.3 Å². The van der Waals surface area contributed by atoms with Gasteiger partial charge in [-0.1, -0.05) is 42.3 Å². The van der Waals surface area contributed by atoms with Crippen molar-refractivity contribution in [3.63, 3.8) is 0 Å². The number of nitrogens with one attached hydrogen (secondary N) is 1. The molecule has 0 aliphatic carbocycles. The molecule has 4 nitrogen and oxygen atoms in total. The minimum atomic E-state index is -3.46. The summed E-state index contributed by atoms with van der Waals surface area (Å²) in [6, 6.07) is 10.8. The zero-order chi connectivity index (χ0) is 18.9. The summed E-state index contributed by atoms with van der Waals surface area (Å²) in [7, 11) is -1.41. The Morgan fingerprint density at radius 2 is 1.88 bits per heavy atom. The highest BCUT2D eigenvalue weighted by atomic mass is 35.5. The maximum absolute atomic E-state index is 12.3. The van der Waals surface area contributed by atoms with Crippen molar-refractivity contribution in [3.05, 3.63) is 63.1 Å². The fourth-order valence-electron chi connectivity index (χ4n) is 3.33. The molecule has 1 unspecified atom stereocenters. The number of likely N-dealkylation sites (N-methyl/N-ethyl adjacent to an activating group) is 1. The summed E-state index contributed by atoms with van der Waals surface area (Å²) in [5, 5.41) is 1.29. The van der Waals surface area contributed by atoms with E-state index in [0.29, 0.717) is 16.6 Å². The first-order valence-corrected chi connectivity index (χ1v) is 10.8. The number of rotatable bonds is 5. The number of benzene rings is 2. The molecule has 0 amide bonds. The summed E-state index contributed by atoms with van der Waals surface area (Å²) in [6.45, 7) is 3.96. The van der Waals surface area contributed by atoms with E-state index in [2.05, 4.69) is 9.62 Å². The lowest BCUT2D eigenvalue weighted by molar-refractivity contribution is 0.295. The number of hydrogen-bond acceptors (Lipinski definition) is 3. The van der Waals surface area contributed by atoms with Gasteiger partial charge in [-0.15, -0.1) is 0 Å². The highest BCUT2D eigenvalue weighted by Crippen LogP contribution is 2.38. The van der Waals surface area contributed by atoms with E-state index >= 15 is 0 Å². The third-order valence-electron chi connectivity index (χ3n) is 4.63.